The van der Waals surface area contributed by atoms with Crippen molar-refractivity contribution in [2.75, 3.05) is 12.3 Å². The van der Waals surface area contributed by atoms with Crippen LogP contribution in [0.4, 0.5) is 10.2 Å². The number of halogens is 2. The largest absolute Gasteiger partial charge is 0.383 e. The van der Waals surface area contributed by atoms with Crippen LogP contribution in [0.2, 0.25) is 0 Å². The number of nitrogen functional groups attached to an aromatic ring is 1. The summed E-state index contributed by atoms with van der Waals surface area (Å²) in [4.78, 5) is 4.16. The zero-order chi connectivity index (χ0) is 14.7. The van der Waals surface area contributed by atoms with Crippen LogP contribution in [0, 0.1) is 12.7 Å². The molecule has 0 radical (unpaired) electrons. The van der Waals surface area contributed by atoms with Crippen molar-refractivity contribution >= 4 is 21.7 Å². The Balaban J connectivity index is 2.53. The zero-order valence-corrected chi connectivity index (χ0v) is 13.0. The Kier molecular flexibility index (Phi) is 4.73. The number of benzene rings is 1. The van der Waals surface area contributed by atoms with Crippen LogP contribution in [-0.4, -0.2) is 11.5 Å². The fourth-order valence-electron chi connectivity index (χ4n) is 2.16. The van der Waals surface area contributed by atoms with Gasteiger partial charge in [-0.05, 0) is 37.2 Å². The second-order valence-corrected chi connectivity index (χ2v) is 5.56. The molecule has 2 rings (SSSR count). The Labute approximate surface area is 126 Å². The number of nitrogens with one attached hydrogen (secondary N) is 1. The SMILES string of the molecule is CCNC(c1ccc(Br)cc1F)c1cc(C)cnc1N. The minimum absolute atomic E-state index is 0.272. The van der Waals surface area contributed by atoms with E-state index < -0.39 is 0 Å². The lowest BCUT2D eigenvalue weighted by atomic mass is 9.97. The van der Waals surface area contributed by atoms with Crippen LogP contribution in [0.3, 0.4) is 0 Å². The highest BCUT2D eigenvalue weighted by Crippen LogP contribution is 2.29. The van der Waals surface area contributed by atoms with Gasteiger partial charge in [0.25, 0.3) is 0 Å². The number of anilines is 1. The van der Waals surface area contributed by atoms with Crippen molar-refractivity contribution in [1.82, 2.24) is 10.3 Å². The van der Waals surface area contributed by atoms with Gasteiger partial charge in [-0.15, -0.1) is 0 Å². The minimum Gasteiger partial charge on any atom is -0.383 e. The molecule has 0 aliphatic carbocycles. The molecule has 1 unspecified atom stereocenters. The number of hydrogen-bond donors (Lipinski definition) is 2. The molecule has 0 saturated heterocycles. The first-order chi connectivity index (χ1) is 9.52. The monoisotopic (exact) mass is 337 g/mol. The molecule has 0 spiro atoms. The van der Waals surface area contributed by atoms with Gasteiger partial charge in [0.15, 0.2) is 0 Å². The van der Waals surface area contributed by atoms with Crippen LogP contribution in [0.1, 0.15) is 29.7 Å². The highest BCUT2D eigenvalue weighted by atomic mass is 79.9. The molecule has 1 aromatic carbocycles. The van der Waals surface area contributed by atoms with Gasteiger partial charge < -0.3 is 11.1 Å². The standard InChI is InChI=1S/C15H17BrFN3/c1-3-19-14(11-5-4-10(16)7-13(11)17)12-6-9(2)8-20-15(12)18/h4-8,14,19H,3H2,1-2H3,(H2,18,20). The second-order valence-electron chi connectivity index (χ2n) is 4.64. The van der Waals surface area contributed by atoms with Gasteiger partial charge >= 0.3 is 0 Å². The maximum absolute atomic E-state index is 14.2. The zero-order valence-electron chi connectivity index (χ0n) is 11.5. The number of pyridine rings is 1. The van der Waals surface area contributed by atoms with Crippen molar-refractivity contribution in [1.29, 1.82) is 0 Å². The number of aromatic nitrogens is 1. The van der Waals surface area contributed by atoms with Crippen LogP contribution < -0.4 is 11.1 Å². The first kappa shape index (κ1) is 14.9. The van der Waals surface area contributed by atoms with E-state index in [0.29, 0.717) is 22.4 Å². The average Bonchev–Trinajstić information content (AvgIpc) is 2.40. The van der Waals surface area contributed by atoms with E-state index in [4.69, 9.17) is 5.73 Å². The first-order valence-electron chi connectivity index (χ1n) is 6.43. The summed E-state index contributed by atoms with van der Waals surface area (Å²) in [5, 5.41) is 3.27. The fraction of sp³-hybridized carbons (Fsp3) is 0.267. The molecular formula is C15H17BrFN3. The van der Waals surface area contributed by atoms with E-state index in [1.807, 2.05) is 26.0 Å². The molecule has 2 aromatic rings. The maximum atomic E-state index is 14.2. The summed E-state index contributed by atoms with van der Waals surface area (Å²) in [5.41, 5.74) is 8.31. The minimum atomic E-state index is -0.305. The smallest absolute Gasteiger partial charge is 0.129 e. The van der Waals surface area contributed by atoms with E-state index >= 15 is 0 Å². The summed E-state index contributed by atoms with van der Waals surface area (Å²) >= 11 is 3.27. The molecule has 5 heteroatoms. The van der Waals surface area contributed by atoms with E-state index in [-0.39, 0.29) is 11.9 Å². The van der Waals surface area contributed by atoms with E-state index in [1.165, 1.54) is 6.07 Å². The van der Waals surface area contributed by atoms with Crippen LogP contribution in [0.15, 0.2) is 34.9 Å². The summed E-state index contributed by atoms with van der Waals surface area (Å²) in [6.45, 7) is 4.62. The van der Waals surface area contributed by atoms with E-state index in [1.54, 1.807) is 12.3 Å². The second kappa shape index (κ2) is 6.33. The van der Waals surface area contributed by atoms with Crippen molar-refractivity contribution < 1.29 is 4.39 Å². The van der Waals surface area contributed by atoms with E-state index in [9.17, 15) is 4.39 Å². The van der Waals surface area contributed by atoms with Crippen molar-refractivity contribution in [2.45, 2.75) is 19.9 Å². The van der Waals surface area contributed by atoms with Gasteiger partial charge in [-0.25, -0.2) is 9.37 Å². The molecule has 0 aliphatic heterocycles. The van der Waals surface area contributed by atoms with Crippen molar-refractivity contribution in [3.05, 3.63) is 57.4 Å². The molecule has 106 valence electrons. The van der Waals surface area contributed by atoms with Gasteiger partial charge in [0.05, 0.1) is 6.04 Å². The molecule has 0 amide bonds. The molecule has 1 heterocycles. The third-order valence-electron chi connectivity index (χ3n) is 3.08. The van der Waals surface area contributed by atoms with Gasteiger partial charge in [-0.3, -0.25) is 0 Å². The summed E-state index contributed by atoms with van der Waals surface area (Å²) in [5.74, 6) is 0.148. The van der Waals surface area contributed by atoms with Crippen molar-refractivity contribution in [3.63, 3.8) is 0 Å². The van der Waals surface area contributed by atoms with Gasteiger partial charge in [0.2, 0.25) is 0 Å². The third kappa shape index (κ3) is 3.16. The predicted molar refractivity (Wildman–Crippen MR) is 83.0 cm³/mol. The van der Waals surface area contributed by atoms with E-state index in [2.05, 4.69) is 26.2 Å². The van der Waals surface area contributed by atoms with E-state index in [0.717, 1.165) is 11.1 Å². The third-order valence-corrected chi connectivity index (χ3v) is 3.57. The highest BCUT2D eigenvalue weighted by molar-refractivity contribution is 9.10. The number of nitrogens with two attached hydrogens (primary N) is 1. The van der Waals surface area contributed by atoms with Crippen LogP contribution in [0.25, 0.3) is 0 Å². The number of nitrogens with zero attached hydrogens (tertiary/aromatic N) is 1. The van der Waals surface area contributed by atoms with Crippen LogP contribution in [-0.2, 0) is 0 Å². The summed E-state index contributed by atoms with van der Waals surface area (Å²) < 4.78 is 14.9. The fourth-order valence-corrected chi connectivity index (χ4v) is 2.49. The number of hydrogen-bond acceptors (Lipinski definition) is 3. The average molecular weight is 338 g/mol. The Hall–Kier alpha value is -1.46. The van der Waals surface area contributed by atoms with Gasteiger partial charge in [0.1, 0.15) is 11.6 Å². The molecule has 20 heavy (non-hydrogen) atoms. The Bertz CT molecular complexity index is 616. The van der Waals surface area contributed by atoms with Crippen LogP contribution >= 0.6 is 15.9 Å². The van der Waals surface area contributed by atoms with Gasteiger partial charge in [-0.2, -0.15) is 0 Å². The maximum Gasteiger partial charge on any atom is 0.129 e. The van der Waals surface area contributed by atoms with Gasteiger partial charge in [0, 0.05) is 21.8 Å². The lowest BCUT2D eigenvalue weighted by Gasteiger charge is -2.21. The number of aryl methyl sites for hydroxylation is 1. The van der Waals surface area contributed by atoms with Gasteiger partial charge in [-0.1, -0.05) is 28.9 Å². The first-order valence-corrected chi connectivity index (χ1v) is 7.22. The molecule has 0 aliphatic rings. The molecule has 1 atom stereocenters. The lowest BCUT2D eigenvalue weighted by Crippen LogP contribution is -2.24. The molecule has 0 bridgehead atoms. The quantitative estimate of drug-likeness (QED) is 0.896. The van der Waals surface area contributed by atoms with Crippen LogP contribution in [0.5, 0.6) is 0 Å². The topological polar surface area (TPSA) is 50.9 Å². The molecule has 1 aromatic heterocycles. The summed E-state index contributed by atoms with van der Waals surface area (Å²) in [6, 6.07) is 6.67. The Morgan fingerprint density at radius 1 is 1.35 bits per heavy atom. The Morgan fingerprint density at radius 3 is 2.75 bits per heavy atom. The number of rotatable bonds is 4. The highest BCUT2D eigenvalue weighted by Gasteiger charge is 2.20. The summed E-state index contributed by atoms with van der Waals surface area (Å²) in [6.07, 6.45) is 1.71. The Morgan fingerprint density at radius 2 is 2.10 bits per heavy atom. The molecular weight excluding hydrogens is 321 g/mol. The molecule has 3 N–H and O–H groups in total. The molecule has 0 fully saturated rings. The van der Waals surface area contributed by atoms with Crippen molar-refractivity contribution in [3.8, 4) is 0 Å². The predicted octanol–water partition coefficient (Wildman–Crippen LogP) is 3.57. The molecule has 0 saturated carbocycles. The normalized spacial score (nSPS) is 12.4. The lowest BCUT2D eigenvalue weighted by molar-refractivity contribution is 0.558. The summed E-state index contributed by atoms with van der Waals surface area (Å²) in [7, 11) is 0. The molecule has 3 nitrogen and oxygen atoms in total. The van der Waals surface area contributed by atoms with Crippen molar-refractivity contribution in [2.24, 2.45) is 0 Å².